The minimum atomic E-state index is 0.596. The van der Waals surface area contributed by atoms with Crippen LogP contribution in [0.2, 0.25) is 0 Å². The second kappa shape index (κ2) is 8.17. The first kappa shape index (κ1) is 15.1. The van der Waals surface area contributed by atoms with Crippen molar-refractivity contribution in [3.63, 3.8) is 0 Å². The molecule has 0 amide bonds. The predicted molar refractivity (Wildman–Crippen MR) is 81.8 cm³/mol. The number of hydrogen-bond acceptors (Lipinski definition) is 2. The highest BCUT2D eigenvalue weighted by Crippen LogP contribution is 2.28. The maximum absolute atomic E-state index is 3.62. The van der Waals surface area contributed by atoms with Crippen molar-refractivity contribution in [2.24, 2.45) is 0 Å². The number of benzene rings is 1. The minimum absolute atomic E-state index is 0.596. The SMILES string of the molecule is CCCNC(CC)C(C)Sc1cccc(Br)c1. The fourth-order valence-electron chi connectivity index (χ4n) is 1.81. The summed E-state index contributed by atoms with van der Waals surface area (Å²) in [6.45, 7) is 7.89. The number of nitrogens with one attached hydrogen (secondary N) is 1. The van der Waals surface area contributed by atoms with E-state index in [2.05, 4.69) is 66.3 Å². The Morgan fingerprint density at radius 1 is 1.35 bits per heavy atom. The Labute approximate surface area is 118 Å². The topological polar surface area (TPSA) is 12.0 Å². The Balaban J connectivity index is 2.54. The second-order valence-electron chi connectivity index (χ2n) is 4.25. The Bertz CT molecular complexity index is 330. The van der Waals surface area contributed by atoms with Crippen LogP contribution in [0.5, 0.6) is 0 Å². The van der Waals surface area contributed by atoms with E-state index in [1.54, 1.807) is 0 Å². The van der Waals surface area contributed by atoms with Gasteiger partial charge in [0.15, 0.2) is 0 Å². The molecule has 0 spiro atoms. The maximum atomic E-state index is 3.62. The fourth-order valence-corrected chi connectivity index (χ4v) is 3.59. The largest absolute Gasteiger partial charge is 0.313 e. The molecule has 0 radical (unpaired) electrons. The standard InChI is InChI=1S/C14H22BrNS/c1-4-9-16-14(5-2)11(3)17-13-8-6-7-12(15)10-13/h6-8,10-11,14,16H,4-5,9H2,1-3H3. The molecule has 0 aliphatic carbocycles. The first-order chi connectivity index (χ1) is 8.17. The molecule has 1 rings (SSSR count). The summed E-state index contributed by atoms with van der Waals surface area (Å²) in [7, 11) is 0. The molecule has 0 saturated carbocycles. The molecule has 1 N–H and O–H groups in total. The Morgan fingerprint density at radius 3 is 2.71 bits per heavy atom. The van der Waals surface area contributed by atoms with E-state index in [1.807, 2.05) is 11.8 Å². The van der Waals surface area contributed by atoms with E-state index < -0.39 is 0 Å². The van der Waals surface area contributed by atoms with E-state index in [1.165, 1.54) is 17.7 Å². The highest BCUT2D eigenvalue weighted by Gasteiger charge is 2.15. The highest BCUT2D eigenvalue weighted by molar-refractivity contribution is 9.10. The van der Waals surface area contributed by atoms with Crippen molar-refractivity contribution in [2.45, 2.75) is 49.8 Å². The van der Waals surface area contributed by atoms with Gasteiger partial charge in [-0.3, -0.25) is 0 Å². The minimum Gasteiger partial charge on any atom is -0.313 e. The molecule has 1 aromatic carbocycles. The van der Waals surface area contributed by atoms with Gasteiger partial charge in [0.25, 0.3) is 0 Å². The first-order valence-electron chi connectivity index (χ1n) is 6.33. The molecule has 0 aromatic heterocycles. The molecule has 2 unspecified atom stereocenters. The molecule has 0 heterocycles. The molecule has 96 valence electrons. The van der Waals surface area contributed by atoms with Gasteiger partial charge in [0.05, 0.1) is 0 Å². The van der Waals surface area contributed by atoms with Gasteiger partial charge in [0.2, 0.25) is 0 Å². The molecule has 2 atom stereocenters. The lowest BCUT2D eigenvalue weighted by Gasteiger charge is -2.23. The van der Waals surface area contributed by atoms with Crippen LogP contribution in [-0.2, 0) is 0 Å². The first-order valence-corrected chi connectivity index (χ1v) is 8.00. The zero-order valence-corrected chi connectivity index (χ0v) is 13.3. The van der Waals surface area contributed by atoms with Crippen LogP contribution in [0.1, 0.15) is 33.6 Å². The van der Waals surface area contributed by atoms with Crippen LogP contribution in [0.3, 0.4) is 0 Å². The summed E-state index contributed by atoms with van der Waals surface area (Å²) < 4.78 is 1.16. The zero-order valence-electron chi connectivity index (χ0n) is 10.9. The molecule has 0 aliphatic heterocycles. The van der Waals surface area contributed by atoms with E-state index in [4.69, 9.17) is 0 Å². The summed E-state index contributed by atoms with van der Waals surface area (Å²) in [5.74, 6) is 0. The maximum Gasteiger partial charge on any atom is 0.0220 e. The van der Waals surface area contributed by atoms with Gasteiger partial charge in [0.1, 0.15) is 0 Å². The van der Waals surface area contributed by atoms with Gasteiger partial charge < -0.3 is 5.32 Å². The van der Waals surface area contributed by atoms with Crippen LogP contribution >= 0.6 is 27.7 Å². The van der Waals surface area contributed by atoms with Crippen molar-refractivity contribution in [2.75, 3.05) is 6.54 Å². The number of hydrogen-bond donors (Lipinski definition) is 1. The molecule has 1 aromatic rings. The summed E-state index contributed by atoms with van der Waals surface area (Å²) >= 11 is 5.47. The summed E-state index contributed by atoms with van der Waals surface area (Å²) in [6, 6.07) is 9.13. The van der Waals surface area contributed by atoms with Crippen LogP contribution in [0.4, 0.5) is 0 Å². The molecule has 1 nitrogen and oxygen atoms in total. The molecule has 3 heteroatoms. The number of thioether (sulfide) groups is 1. The summed E-state index contributed by atoms with van der Waals surface area (Å²) in [5, 5.41) is 4.22. The number of rotatable bonds is 7. The summed E-state index contributed by atoms with van der Waals surface area (Å²) in [4.78, 5) is 1.34. The lowest BCUT2D eigenvalue weighted by molar-refractivity contribution is 0.494. The molecule has 17 heavy (non-hydrogen) atoms. The van der Waals surface area contributed by atoms with E-state index in [0.29, 0.717) is 11.3 Å². The lowest BCUT2D eigenvalue weighted by Crippen LogP contribution is -2.36. The monoisotopic (exact) mass is 315 g/mol. The van der Waals surface area contributed by atoms with Gasteiger partial charge in [-0.15, -0.1) is 11.8 Å². The molecule has 0 saturated heterocycles. The van der Waals surface area contributed by atoms with Crippen molar-refractivity contribution in [3.05, 3.63) is 28.7 Å². The summed E-state index contributed by atoms with van der Waals surface area (Å²) in [5.41, 5.74) is 0. The van der Waals surface area contributed by atoms with Gasteiger partial charge in [0, 0.05) is 20.7 Å². The third-order valence-corrected chi connectivity index (χ3v) is 4.50. The Hall–Kier alpha value is 0.01000. The molecular formula is C14H22BrNS. The van der Waals surface area contributed by atoms with Gasteiger partial charge in [-0.25, -0.2) is 0 Å². The normalized spacial score (nSPS) is 14.6. The quantitative estimate of drug-likeness (QED) is 0.731. The van der Waals surface area contributed by atoms with Gasteiger partial charge in [-0.1, -0.05) is 42.8 Å². The van der Waals surface area contributed by atoms with Crippen molar-refractivity contribution in [1.29, 1.82) is 0 Å². The van der Waals surface area contributed by atoms with E-state index in [-0.39, 0.29) is 0 Å². The molecule has 0 aliphatic rings. The highest BCUT2D eigenvalue weighted by atomic mass is 79.9. The smallest absolute Gasteiger partial charge is 0.0220 e. The third kappa shape index (κ3) is 5.45. The second-order valence-corrected chi connectivity index (χ2v) is 6.62. The Morgan fingerprint density at radius 2 is 2.12 bits per heavy atom. The fraction of sp³-hybridized carbons (Fsp3) is 0.571. The third-order valence-electron chi connectivity index (χ3n) is 2.78. The lowest BCUT2D eigenvalue weighted by atomic mass is 10.1. The van der Waals surface area contributed by atoms with Crippen molar-refractivity contribution in [1.82, 2.24) is 5.32 Å². The molecular weight excluding hydrogens is 294 g/mol. The molecule has 0 fully saturated rings. The average molecular weight is 316 g/mol. The van der Waals surface area contributed by atoms with E-state index in [0.717, 1.165) is 11.0 Å². The van der Waals surface area contributed by atoms with Crippen LogP contribution in [0.25, 0.3) is 0 Å². The van der Waals surface area contributed by atoms with E-state index >= 15 is 0 Å². The van der Waals surface area contributed by atoms with Crippen molar-refractivity contribution in [3.8, 4) is 0 Å². The van der Waals surface area contributed by atoms with Crippen molar-refractivity contribution < 1.29 is 0 Å². The predicted octanol–water partition coefficient (Wildman–Crippen LogP) is 4.71. The van der Waals surface area contributed by atoms with Crippen LogP contribution in [0, 0.1) is 0 Å². The van der Waals surface area contributed by atoms with Crippen LogP contribution in [0.15, 0.2) is 33.6 Å². The van der Waals surface area contributed by atoms with E-state index in [9.17, 15) is 0 Å². The van der Waals surface area contributed by atoms with Crippen LogP contribution < -0.4 is 5.32 Å². The number of halogens is 1. The van der Waals surface area contributed by atoms with Gasteiger partial charge in [-0.2, -0.15) is 0 Å². The molecule has 0 bridgehead atoms. The average Bonchev–Trinajstić information content (AvgIpc) is 2.30. The van der Waals surface area contributed by atoms with Crippen LogP contribution in [-0.4, -0.2) is 17.8 Å². The summed E-state index contributed by atoms with van der Waals surface area (Å²) in [6.07, 6.45) is 2.38. The van der Waals surface area contributed by atoms with Gasteiger partial charge in [-0.05, 0) is 37.6 Å². The zero-order chi connectivity index (χ0) is 12.7. The van der Waals surface area contributed by atoms with Gasteiger partial charge >= 0.3 is 0 Å². The Kier molecular flexibility index (Phi) is 7.24. The van der Waals surface area contributed by atoms with Crippen molar-refractivity contribution >= 4 is 27.7 Å².